The number of benzene rings is 1. The van der Waals surface area contributed by atoms with Crippen molar-refractivity contribution in [3.63, 3.8) is 0 Å². The number of nitriles is 1. The summed E-state index contributed by atoms with van der Waals surface area (Å²) >= 11 is 0. The van der Waals surface area contributed by atoms with Crippen LogP contribution in [0.4, 0.5) is 0 Å². The van der Waals surface area contributed by atoms with Gasteiger partial charge in [-0.1, -0.05) is 13.8 Å². The van der Waals surface area contributed by atoms with E-state index in [1.165, 1.54) is 13.2 Å². The number of ether oxygens (including phenoxy) is 1. The molecule has 1 rings (SSSR count). The summed E-state index contributed by atoms with van der Waals surface area (Å²) in [7, 11) is 1.42. The monoisotopic (exact) mass is 286 g/mol. The van der Waals surface area contributed by atoms with Crippen molar-refractivity contribution in [3.8, 4) is 17.6 Å². The third-order valence-corrected chi connectivity index (χ3v) is 3.08. The van der Waals surface area contributed by atoms with Crippen LogP contribution >= 0.6 is 12.4 Å². The van der Waals surface area contributed by atoms with E-state index in [9.17, 15) is 10.2 Å². The predicted molar refractivity (Wildman–Crippen MR) is 74.4 cm³/mol. The van der Waals surface area contributed by atoms with Gasteiger partial charge in [0.1, 0.15) is 0 Å². The zero-order valence-electron chi connectivity index (χ0n) is 11.2. The Bertz CT molecular complexity index is 484. The number of methoxy groups -OCH3 is 1. The topological polar surface area (TPSA) is 99.5 Å². The van der Waals surface area contributed by atoms with Crippen molar-refractivity contribution < 1.29 is 14.9 Å². The molecule has 0 aliphatic rings. The van der Waals surface area contributed by atoms with Crippen LogP contribution in [0.15, 0.2) is 12.1 Å². The SMILES string of the molecule is COc1ccc(C#N)c([C@@H](N)C(C)(C)CO)c1O.Cl. The third-order valence-electron chi connectivity index (χ3n) is 3.08. The lowest BCUT2D eigenvalue weighted by molar-refractivity contribution is 0.131. The lowest BCUT2D eigenvalue weighted by atomic mass is 9.80. The van der Waals surface area contributed by atoms with E-state index in [2.05, 4.69) is 0 Å². The highest BCUT2D eigenvalue weighted by Gasteiger charge is 2.32. The highest BCUT2D eigenvalue weighted by molar-refractivity contribution is 5.85. The first-order chi connectivity index (χ1) is 8.38. The molecule has 1 aromatic rings. The van der Waals surface area contributed by atoms with Gasteiger partial charge in [-0.15, -0.1) is 12.4 Å². The van der Waals surface area contributed by atoms with Crippen molar-refractivity contribution >= 4 is 12.4 Å². The maximum Gasteiger partial charge on any atom is 0.163 e. The molecule has 0 saturated heterocycles. The molecular weight excluding hydrogens is 268 g/mol. The summed E-state index contributed by atoms with van der Waals surface area (Å²) in [4.78, 5) is 0. The average molecular weight is 287 g/mol. The van der Waals surface area contributed by atoms with Crippen LogP contribution in [0, 0.1) is 16.7 Å². The Morgan fingerprint density at radius 2 is 2.05 bits per heavy atom. The summed E-state index contributed by atoms with van der Waals surface area (Å²) in [6.07, 6.45) is 0. The zero-order valence-corrected chi connectivity index (χ0v) is 12.0. The molecule has 0 aromatic heterocycles. The van der Waals surface area contributed by atoms with Gasteiger partial charge in [0, 0.05) is 23.6 Å². The fraction of sp³-hybridized carbons (Fsp3) is 0.462. The Hall–Kier alpha value is -1.48. The summed E-state index contributed by atoms with van der Waals surface area (Å²) in [6.45, 7) is 3.37. The Kier molecular flexibility index (Phi) is 6.10. The molecule has 0 heterocycles. The van der Waals surface area contributed by atoms with Crippen LogP contribution in [0.25, 0.3) is 0 Å². The molecule has 0 radical (unpaired) electrons. The number of hydrogen-bond donors (Lipinski definition) is 3. The van der Waals surface area contributed by atoms with E-state index in [4.69, 9.17) is 15.7 Å². The van der Waals surface area contributed by atoms with Crippen LogP contribution in [0.2, 0.25) is 0 Å². The maximum atomic E-state index is 10.1. The second-order valence-corrected chi connectivity index (χ2v) is 4.81. The molecule has 0 saturated carbocycles. The van der Waals surface area contributed by atoms with Gasteiger partial charge in [-0.2, -0.15) is 5.26 Å². The van der Waals surface area contributed by atoms with Gasteiger partial charge in [0.05, 0.1) is 18.7 Å². The Labute approximate surface area is 119 Å². The van der Waals surface area contributed by atoms with Crippen LogP contribution in [0.1, 0.15) is 31.0 Å². The summed E-state index contributed by atoms with van der Waals surface area (Å²) in [6, 6.07) is 4.37. The summed E-state index contributed by atoms with van der Waals surface area (Å²) in [5.74, 6) is 0.110. The Morgan fingerprint density at radius 1 is 1.47 bits per heavy atom. The fourth-order valence-corrected chi connectivity index (χ4v) is 1.65. The van der Waals surface area contributed by atoms with E-state index in [1.807, 2.05) is 6.07 Å². The molecule has 0 unspecified atom stereocenters. The number of halogens is 1. The second kappa shape index (κ2) is 6.62. The van der Waals surface area contributed by atoms with E-state index >= 15 is 0 Å². The molecule has 6 heteroatoms. The van der Waals surface area contributed by atoms with E-state index in [1.54, 1.807) is 19.9 Å². The smallest absolute Gasteiger partial charge is 0.163 e. The van der Waals surface area contributed by atoms with Gasteiger partial charge < -0.3 is 20.7 Å². The van der Waals surface area contributed by atoms with Gasteiger partial charge in [0.2, 0.25) is 0 Å². The van der Waals surface area contributed by atoms with E-state index in [-0.39, 0.29) is 36.1 Å². The predicted octanol–water partition coefficient (Wildman–Crippen LogP) is 1.71. The fourth-order valence-electron chi connectivity index (χ4n) is 1.65. The largest absolute Gasteiger partial charge is 0.504 e. The van der Waals surface area contributed by atoms with Gasteiger partial charge in [0.25, 0.3) is 0 Å². The third kappa shape index (κ3) is 3.29. The molecule has 1 aromatic carbocycles. The molecule has 5 nitrogen and oxygen atoms in total. The minimum Gasteiger partial charge on any atom is -0.504 e. The van der Waals surface area contributed by atoms with Gasteiger partial charge in [-0.3, -0.25) is 0 Å². The zero-order chi connectivity index (χ0) is 13.9. The van der Waals surface area contributed by atoms with Crippen LogP contribution in [0.3, 0.4) is 0 Å². The molecule has 106 valence electrons. The number of phenolic OH excluding ortho intramolecular Hbond substituents is 1. The van der Waals surface area contributed by atoms with Crippen molar-refractivity contribution in [1.82, 2.24) is 0 Å². The number of aliphatic hydroxyl groups excluding tert-OH is 1. The normalized spacial score (nSPS) is 12.2. The molecule has 0 aliphatic heterocycles. The van der Waals surface area contributed by atoms with Crippen LogP contribution in [-0.2, 0) is 0 Å². The molecule has 0 bridgehead atoms. The maximum absolute atomic E-state index is 10.1. The Morgan fingerprint density at radius 3 is 2.47 bits per heavy atom. The summed E-state index contributed by atoms with van der Waals surface area (Å²) in [5, 5.41) is 28.5. The quantitative estimate of drug-likeness (QED) is 0.782. The van der Waals surface area contributed by atoms with Crippen molar-refractivity contribution in [2.75, 3.05) is 13.7 Å². The van der Waals surface area contributed by atoms with Gasteiger partial charge >= 0.3 is 0 Å². The van der Waals surface area contributed by atoms with Gasteiger partial charge in [0.15, 0.2) is 11.5 Å². The summed E-state index contributed by atoms with van der Waals surface area (Å²) < 4.78 is 5.00. The molecule has 1 atom stereocenters. The standard InChI is InChI=1S/C13H18N2O3.ClH/c1-13(2,7-16)12(15)10-8(6-14)4-5-9(18-3)11(10)17;/h4-5,12,16-17H,7,15H2,1-3H3;1H/t12-;/m1./s1. The second-order valence-electron chi connectivity index (χ2n) is 4.81. The minimum atomic E-state index is -0.674. The number of rotatable bonds is 4. The lowest BCUT2D eigenvalue weighted by Crippen LogP contribution is -2.33. The number of nitrogens with zero attached hydrogens (tertiary/aromatic N) is 1. The lowest BCUT2D eigenvalue weighted by Gasteiger charge is -2.31. The number of nitrogens with two attached hydrogens (primary N) is 1. The number of aromatic hydroxyl groups is 1. The minimum absolute atomic E-state index is 0. The average Bonchev–Trinajstić information content (AvgIpc) is 2.37. The molecule has 0 spiro atoms. The Balaban J connectivity index is 0.00000324. The van der Waals surface area contributed by atoms with Crippen LogP contribution in [0.5, 0.6) is 11.5 Å². The highest BCUT2D eigenvalue weighted by Crippen LogP contribution is 2.41. The molecule has 0 amide bonds. The first-order valence-electron chi connectivity index (χ1n) is 5.55. The number of hydrogen-bond acceptors (Lipinski definition) is 5. The number of phenols is 1. The molecule has 4 N–H and O–H groups in total. The summed E-state index contributed by atoms with van der Waals surface area (Å²) in [5.41, 5.74) is 5.98. The van der Waals surface area contributed by atoms with E-state index in [0.29, 0.717) is 5.56 Å². The van der Waals surface area contributed by atoms with E-state index in [0.717, 1.165) is 0 Å². The van der Waals surface area contributed by atoms with Crippen molar-refractivity contribution in [2.24, 2.45) is 11.1 Å². The van der Waals surface area contributed by atoms with Crippen molar-refractivity contribution in [3.05, 3.63) is 23.3 Å². The van der Waals surface area contributed by atoms with Crippen molar-refractivity contribution in [2.45, 2.75) is 19.9 Å². The van der Waals surface area contributed by atoms with Crippen molar-refractivity contribution in [1.29, 1.82) is 5.26 Å². The molecule has 19 heavy (non-hydrogen) atoms. The molecule has 0 aliphatic carbocycles. The van der Waals surface area contributed by atoms with Gasteiger partial charge in [-0.05, 0) is 12.1 Å². The number of aliphatic hydroxyl groups is 1. The molecule has 0 fully saturated rings. The first kappa shape index (κ1) is 17.5. The molecular formula is C13H19ClN2O3. The van der Waals surface area contributed by atoms with E-state index < -0.39 is 11.5 Å². The van der Waals surface area contributed by atoms with Crippen LogP contribution in [-0.4, -0.2) is 23.9 Å². The highest BCUT2D eigenvalue weighted by atomic mass is 35.5. The first-order valence-corrected chi connectivity index (χ1v) is 5.55. The van der Waals surface area contributed by atoms with Crippen LogP contribution < -0.4 is 10.5 Å². The van der Waals surface area contributed by atoms with Gasteiger partial charge in [-0.25, -0.2) is 0 Å².